The van der Waals surface area contributed by atoms with Gasteiger partial charge in [-0.05, 0) is 75.9 Å². The summed E-state index contributed by atoms with van der Waals surface area (Å²) in [6.07, 6.45) is 2.71. The van der Waals surface area contributed by atoms with Crippen molar-refractivity contribution in [3.05, 3.63) is 87.6 Å². The number of carbonyl (C=O) groups is 1. The van der Waals surface area contributed by atoms with Crippen LogP contribution in [-0.4, -0.2) is 63.1 Å². The van der Waals surface area contributed by atoms with Gasteiger partial charge in [0.15, 0.2) is 5.65 Å². The van der Waals surface area contributed by atoms with Crippen LogP contribution in [-0.2, 0) is 4.79 Å². The van der Waals surface area contributed by atoms with Crippen molar-refractivity contribution in [3.8, 4) is 5.69 Å². The molecule has 4 aromatic rings. The van der Waals surface area contributed by atoms with Crippen LogP contribution in [0.15, 0.2) is 70.9 Å². The molecule has 1 aliphatic rings. The highest BCUT2D eigenvalue weighted by molar-refractivity contribution is 5.99. The standard InChI is InChI=1S/C30H34N8O3/c1-6-26(39)32-21-8-7-9-23(17-21)38-27-25(37(19(2)3)28(40)29(38)41)18-31-30(34-27)33-22-10-11-24(20(4)16-22)36-14-12-35(5)13-15-36/h6-11,16-19H,1,12-15H2,2-5H3,(H,32,39)(H,31,33,34). The van der Waals surface area contributed by atoms with Gasteiger partial charge < -0.3 is 20.4 Å². The summed E-state index contributed by atoms with van der Waals surface area (Å²) in [4.78, 5) is 52.4. The summed E-state index contributed by atoms with van der Waals surface area (Å²) < 4.78 is 2.66. The predicted octanol–water partition coefficient (Wildman–Crippen LogP) is 3.45. The number of anilines is 4. The van der Waals surface area contributed by atoms with Gasteiger partial charge in [-0.3, -0.25) is 23.5 Å². The number of nitrogens with zero attached hydrogens (tertiary/aromatic N) is 6. The summed E-state index contributed by atoms with van der Waals surface area (Å²) in [5.41, 5.74) is 3.19. The number of amides is 1. The van der Waals surface area contributed by atoms with Crippen LogP contribution in [0.2, 0.25) is 0 Å². The van der Waals surface area contributed by atoms with Gasteiger partial charge in [0.1, 0.15) is 5.52 Å². The maximum atomic E-state index is 13.5. The summed E-state index contributed by atoms with van der Waals surface area (Å²) in [7, 11) is 2.14. The van der Waals surface area contributed by atoms with Crippen LogP contribution in [0.25, 0.3) is 16.9 Å². The highest BCUT2D eigenvalue weighted by Gasteiger charge is 2.20. The summed E-state index contributed by atoms with van der Waals surface area (Å²) in [6, 6.07) is 12.5. The number of nitrogens with one attached hydrogen (secondary N) is 2. The maximum Gasteiger partial charge on any atom is 0.322 e. The minimum atomic E-state index is -0.754. The Morgan fingerprint density at radius 1 is 1.02 bits per heavy atom. The fourth-order valence-electron chi connectivity index (χ4n) is 5.10. The van der Waals surface area contributed by atoms with Crippen molar-refractivity contribution >= 4 is 40.1 Å². The molecule has 1 saturated heterocycles. The lowest BCUT2D eigenvalue weighted by molar-refractivity contribution is -0.111. The summed E-state index contributed by atoms with van der Waals surface area (Å²) >= 11 is 0. The molecule has 0 aliphatic carbocycles. The summed E-state index contributed by atoms with van der Waals surface area (Å²) in [5, 5.41) is 5.95. The van der Waals surface area contributed by atoms with Gasteiger partial charge in [-0.2, -0.15) is 4.98 Å². The molecule has 2 aromatic heterocycles. The van der Waals surface area contributed by atoms with Gasteiger partial charge in [0.25, 0.3) is 0 Å². The van der Waals surface area contributed by atoms with E-state index in [1.165, 1.54) is 14.8 Å². The fourth-order valence-corrected chi connectivity index (χ4v) is 5.10. The van der Waals surface area contributed by atoms with E-state index >= 15 is 0 Å². The zero-order valence-corrected chi connectivity index (χ0v) is 23.7. The Kier molecular flexibility index (Phi) is 7.71. The summed E-state index contributed by atoms with van der Waals surface area (Å²) in [5.74, 6) is -0.111. The molecule has 1 aliphatic heterocycles. The second-order valence-corrected chi connectivity index (χ2v) is 10.5. The molecule has 0 bridgehead atoms. The average molecular weight is 555 g/mol. The van der Waals surface area contributed by atoms with Gasteiger partial charge in [0, 0.05) is 49.3 Å². The van der Waals surface area contributed by atoms with Crippen molar-refractivity contribution in [1.82, 2.24) is 24.0 Å². The Morgan fingerprint density at radius 3 is 2.46 bits per heavy atom. The lowest BCUT2D eigenvalue weighted by Gasteiger charge is -2.35. The molecule has 1 fully saturated rings. The van der Waals surface area contributed by atoms with Crippen molar-refractivity contribution in [2.45, 2.75) is 26.8 Å². The van der Waals surface area contributed by atoms with Gasteiger partial charge in [-0.15, -0.1) is 0 Å². The van der Waals surface area contributed by atoms with Crippen LogP contribution in [0, 0.1) is 6.92 Å². The molecule has 5 rings (SSSR count). The lowest BCUT2D eigenvalue weighted by atomic mass is 10.1. The van der Waals surface area contributed by atoms with E-state index < -0.39 is 17.0 Å². The smallest absolute Gasteiger partial charge is 0.322 e. The number of hydrogen-bond donors (Lipinski definition) is 2. The number of rotatable bonds is 7. The third-order valence-corrected chi connectivity index (χ3v) is 7.20. The second-order valence-electron chi connectivity index (χ2n) is 10.5. The SMILES string of the molecule is C=CC(=O)Nc1cccc(-n2c(=O)c(=O)n(C(C)C)c3cnc(Nc4ccc(N5CCN(C)CC5)c(C)c4)nc32)c1. The molecule has 0 saturated carbocycles. The van der Waals surface area contributed by atoms with Crippen molar-refractivity contribution in [2.75, 3.05) is 48.8 Å². The molecule has 212 valence electrons. The Balaban J connectivity index is 1.57. The molecule has 11 nitrogen and oxygen atoms in total. The molecule has 3 heterocycles. The van der Waals surface area contributed by atoms with E-state index in [-0.39, 0.29) is 17.6 Å². The first-order valence-electron chi connectivity index (χ1n) is 13.6. The Bertz CT molecular complexity index is 1750. The van der Waals surface area contributed by atoms with Crippen molar-refractivity contribution in [1.29, 1.82) is 0 Å². The van der Waals surface area contributed by atoms with Gasteiger partial charge in [-0.1, -0.05) is 12.6 Å². The number of aromatic nitrogens is 4. The zero-order valence-electron chi connectivity index (χ0n) is 23.7. The molecule has 0 unspecified atom stereocenters. The van der Waals surface area contributed by atoms with E-state index in [0.717, 1.165) is 43.5 Å². The highest BCUT2D eigenvalue weighted by atomic mass is 16.2. The predicted molar refractivity (Wildman–Crippen MR) is 163 cm³/mol. The largest absolute Gasteiger partial charge is 0.369 e. The van der Waals surface area contributed by atoms with E-state index in [4.69, 9.17) is 4.98 Å². The molecule has 1 amide bonds. The first-order chi connectivity index (χ1) is 19.7. The first kappa shape index (κ1) is 27.8. The topological polar surface area (TPSA) is 117 Å². The van der Waals surface area contributed by atoms with Crippen LogP contribution in [0.3, 0.4) is 0 Å². The normalized spacial score (nSPS) is 13.9. The van der Waals surface area contributed by atoms with Crippen molar-refractivity contribution < 1.29 is 4.79 Å². The number of fused-ring (bicyclic) bond motifs is 1. The number of hydrogen-bond acceptors (Lipinski definition) is 8. The Hall–Kier alpha value is -4.77. The van der Waals surface area contributed by atoms with Gasteiger partial charge in [0.2, 0.25) is 11.9 Å². The first-order valence-corrected chi connectivity index (χ1v) is 13.6. The van der Waals surface area contributed by atoms with Crippen LogP contribution < -0.4 is 26.7 Å². The van der Waals surface area contributed by atoms with Crippen LogP contribution in [0.1, 0.15) is 25.5 Å². The lowest BCUT2D eigenvalue weighted by Crippen LogP contribution is -2.44. The van der Waals surface area contributed by atoms with Gasteiger partial charge in [-0.25, -0.2) is 4.98 Å². The molecule has 0 radical (unpaired) electrons. The van der Waals surface area contributed by atoms with E-state index in [1.54, 1.807) is 30.5 Å². The molecule has 2 N–H and O–H groups in total. The van der Waals surface area contributed by atoms with E-state index in [9.17, 15) is 14.4 Å². The number of likely N-dealkylation sites (N-methyl/N-ethyl adjacent to an activating group) is 1. The number of aryl methyl sites for hydroxylation is 1. The number of benzene rings is 2. The van der Waals surface area contributed by atoms with E-state index in [1.807, 2.05) is 19.9 Å². The average Bonchev–Trinajstić information content (AvgIpc) is 2.94. The third-order valence-electron chi connectivity index (χ3n) is 7.20. The molecule has 0 spiro atoms. The highest BCUT2D eigenvalue weighted by Crippen LogP contribution is 2.27. The van der Waals surface area contributed by atoms with E-state index in [2.05, 4.69) is 58.1 Å². The minimum Gasteiger partial charge on any atom is -0.369 e. The quantitative estimate of drug-likeness (QED) is 0.264. The molecular formula is C30H34N8O3. The van der Waals surface area contributed by atoms with Gasteiger partial charge in [0.05, 0.1) is 11.9 Å². The summed E-state index contributed by atoms with van der Waals surface area (Å²) in [6.45, 7) is 13.2. The fraction of sp³-hybridized carbons (Fsp3) is 0.300. The molecule has 41 heavy (non-hydrogen) atoms. The minimum absolute atomic E-state index is 0.263. The Morgan fingerprint density at radius 2 is 1.78 bits per heavy atom. The van der Waals surface area contributed by atoms with Crippen molar-refractivity contribution in [3.63, 3.8) is 0 Å². The second kappa shape index (κ2) is 11.4. The molecule has 2 aromatic carbocycles. The number of carbonyl (C=O) groups excluding carboxylic acids is 1. The number of piperazine rings is 1. The van der Waals surface area contributed by atoms with Crippen LogP contribution in [0.4, 0.5) is 23.0 Å². The van der Waals surface area contributed by atoms with Crippen molar-refractivity contribution in [2.24, 2.45) is 0 Å². The van der Waals surface area contributed by atoms with E-state index in [0.29, 0.717) is 16.9 Å². The van der Waals surface area contributed by atoms with Crippen LogP contribution in [0.5, 0.6) is 0 Å². The molecule has 0 atom stereocenters. The Labute approximate surface area is 237 Å². The zero-order chi connectivity index (χ0) is 29.3. The molecule has 11 heteroatoms. The van der Waals surface area contributed by atoms with Crippen LogP contribution >= 0.6 is 0 Å². The maximum absolute atomic E-state index is 13.5. The third kappa shape index (κ3) is 5.62. The monoisotopic (exact) mass is 554 g/mol. The van der Waals surface area contributed by atoms with Gasteiger partial charge >= 0.3 is 11.1 Å². The molecular weight excluding hydrogens is 520 g/mol.